The average Bonchev–Trinajstić information content (AvgIpc) is 3.27. The minimum absolute atomic E-state index is 0.0477. The highest BCUT2D eigenvalue weighted by atomic mass is 16.4. The first-order chi connectivity index (χ1) is 32.3. The zero-order valence-electron chi connectivity index (χ0n) is 40.0. The van der Waals surface area contributed by atoms with E-state index < -0.39 is 126 Å². The molecule has 0 fully saturated rings. The fourth-order valence-corrected chi connectivity index (χ4v) is 6.48. The Morgan fingerprint density at radius 2 is 1.06 bits per heavy atom. The number of aliphatic hydroxyl groups excluding tert-OH is 1. The molecule has 386 valence electrons. The van der Waals surface area contributed by atoms with Crippen molar-refractivity contribution in [1.29, 1.82) is 0 Å². The van der Waals surface area contributed by atoms with Crippen LogP contribution in [0, 0.1) is 11.8 Å². The summed E-state index contributed by atoms with van der Waals surface area (Å²) in [4.78, 5) is 127. The quantitative estimate of drug-likeness (QED) is 0.0188. The monoisotopic (exact) mass is 976 g/mol. The Morgan fingerprint density at radius 3 is 1.57 bits per heavy atom. The first-order valence-electron chi connectivity index (χ1n) is 22.5. The number of hydrogen-bond acceptors (Lipinski definition) is 13. The molecule has 0 bridgehead atoms. The lowest BCUT2D eigenvalue weighted by atomic mass is 9.97. The van der Waals surface area contributed by atoms with Gasteiger partial charge in [-0.1, -0.05) is 64.4 Å². The normalized spacial score (nSPS) is 15.3. The largest absolute Gasteiger partial charge is 0.480 e. The maximum absolute atomic E-state index is 13.8. The highest BCUT2D eigenvalue weighted by Gasteiger charge is 2.36. The molecule has 21 N–H and O–H groups in total. The zero-order chi connectivity index (χ0) is 52.5. The summed E-state index contributed by atoms with van der Waals surface area (Å²) in [6.45, 7) is 9.29. The van der Waals surface area contributed by atoms with Gasteiger partial charge < -0.3 is 81.8 Å². The number of aliphatic carboxylic acids is 1. The molecule has 0 aliphatic heterocycles. The second-order valence-corrected chi connectivity index (χ2v) is 16.9. The number of primary amides is 1. The summed E-state index contributed by atoms with van der Waals surface area (Å²) in [5, 5.41) is 37.4. The van der Waals surface area contributed by atoms with E-state index in [4.69, 9.17) is 34.4 Å². The van der Waals surface area contributed by atoms with Gasteiger partial charge in [-0.15, -0.1) is 0 Å². The van der Waals surface area contributed by atoms with Crippen LogP contribution in [-0.2, 0) is 49.6 Å². The minimum atomic E-state index is -1.65. The molecule has 26 nitrogen and oxygen atoms in total. The van der Waals surface area contributed by atoms with Gasteiger partial charge in [-0.2, -0.15) is 0 Å². The Hall–Kier alpha value is -7.09. The van der Waals surface area contributed by atoms with Crippen molar-refractivity contribution in [3.63, 3.8) is 0 Å². The molecule has 69 heavy (non-hydrogen) atoms. The summed E-state index contributed by atoms with van der Waals surface area (Å²) in [6.07, 6.45) is -1.34. The second-order valence-electron chi connectivity index (χ2n) is 16.9. The highest BCUT2D eigenvalue weighted by molar-refractivity contribution is 5.98. The Labute approximate surface area is 401 Å². The molecule has 0 spiro atoms. The van der Waals surface area contributed by atoms with Crippen molar-refractivity contribution >= 4 is 65.1 Å². The van der Waals surface area contributed by atoms with Gasteiger partial charge in [0.1, 0.15) is 42.3 Å². The lowest BCUT2D eigenvalue weighted by Crippen LogP contribution is -2.62. The number of carboxylic acid groups (broad SMARTS) is 1. The molecular formula is C43H73N15O11. The summed E-state index contributed by atoms with van der Waals surface area (Å²) < 4.78 is 0. The molecule has 0 aliphatic carbocycles. The number of carboxylic acids is 1. The van der Waals surface area contributed by atoms with Crippen molar-refractivity contribution in [3.8, 4) is 0 Å². The van der Waals surface area contributed by atoms with E-state index in [1.54, 1.807) is 58.0 Å². The van der Waals surface area contributed by atoms with Gasteiger partial charge >= 0.3 is 5.97 Å². The minimum Gasteiger partial charge on any atom is -0.480 e. The third-order valence-electron chi connectivity index (χ3n) is 10.7. The third-order valence-corrected chi connectivity index (χ3v) is 10.7. The summed E-state index contributed by atoms with van der Waals surface area (Å²) in [5.74, 6) is -10.1. The fraction of sp³-hybridized carbons (Fsp3) is 0.605. The number of nitrogens with zero attached hydrogens (tertiary/aromatic N) is 2. The van der Waals surface area contributed by atoms with Crippen LogP contribution in [0.4, 0.5) is 0 Å². The molecule has 0 unspecified atom stereocenters. The molecule has 8 amide bonds. The number of hydrogen-bond donors (Lipinski definition) is 15. The van der Waals surface area contributed by atoms with Crippen LogP contribution < -0.4 is 71.6 Å². The average molecular weight is 976 g/mol. The van der Waals surface area contributed by atoms with Gasteiger partial charge in [0.2, 0.25) is 47.3 Å². The van der Waals surface area contributed by atoms with Gasteiger partial charge in [-0.3, -0.25) is 48.3 Å². The number of aliphatic hydroxyl groups is 1. The van der Waals surface area contributed by atoms with Crippen molar-refractivity contribution in [2.24, 2.45) is 56.2 Å². The molecule has 1 aromatic rings. The van der Waals surface area contributed by atoms with Gasteiger partial charge in [-0.25, -0.2) is 4.79 Å². The van der Waals surface area contributed by atoms with E-state index in [9.17, 15) is 53.4 Å². The molecule has 26 heteroatoms. The second kappa shape index (κ2) is 30.3. The molecule has 0 saturated carbocycles. The Kier molecular flexibility index (Phi) is 26.3. The third kappa shape index (κ3) is 22.5. The number of aliphatic imine (C=N–C) groups is 2. The molecule has 0 saturated heterocycles. The van der Waals surface area contributed by atoms with E-state index in [0.717, 1.165) is 0 Å². The Balaban J connectivity index is 3.21. The predicted octanol–water partition coefficient (Wildman–Crippen LogP) is -4.88. The number of benzene rings is 1. The highest BCUT2D eigenvalue weighted by Crippen LogP contribution is 2.12. The number of carbonyl (C=O) groups excluding carboxylic acids is 8. The lowest BCUT2D eigenvalue weighted by Gasteiger charge is -2.30. The van der Waals surface area contributed by atoms with Crippen LogP contribution in [0.3, 0.4) is 0 Å². The van der Waals surface area contributed by atoms with Crippen LogP contribution in [0.15, 0.2) is 40.3 Å². The van der Waals surface area contributed by atoms with E-state index in [-0.39, 0.29) is 50.7 Å². The summed E-state index contributed by atoms with van der Waals surface area (Å²) in [7, 11) is 0. The maximum Gasteiger partial charge on any atom is 0.326 e. The van der Waals surface area contributed by atoms with Crippen molar-refractivity contribution < 1.29 is 53.4 Å². The van der Waals surface area contributed by atoms with Crippen LogP contribution in [0.2, 0.25) is 0 Å². The summed E-state index contributed by atoms with van der Waals surface area (Å²) >= 11 is 0. The molecule has 1 rings (SSSR count). The summed E-state index contributed by atoms with van der Waals surface area (Å²) in [5.41, 5.74) is 33.5. The fourth-order valence-electron chi connectivity index (χ4n) is 6.48. The summed E-state index contributed by atoms with van der Waals surface area (Å²) in [6, 6.07) is -2.51. The van der Waals surface area contributed by atoms with Crippen LogP contribution >= 0.6 is 0 Å². The van der Waals surface area contributed by atoms with Crippen LogP contribution in [0.5, 0.6) is 0 Å². The molecular weight excluding hydrogens is 903 g/mol. The Bertz CT molecular complexity index is 1960. The van der Waals surface area contributed by atoms with Crippen molar-refractivity contribution in [2.75, 3.05) is 13.1 Å². The number of rotatable bonds is 31. The van der Waals surface area contributed by atoms with Gasteiger partial charge in [0.25, 0.3) is 0 Å². The molecule has 0 radical (unpaired) electrons. The lowest BCUT2D eigenvalue weighted by molar-refractivity contribution is -0.143. The van der Waals surface area contributed by atoms with Gasteiger partial charge in [0.15, 0.2) is 11.9 Å². The topological polar surface area (TPSA) is 459 Å². The smallest absolute Gasteiger partial charge is 0.326 e. The van der Waals surface area contributed by atoms with E-state index in [0.29, 0.717) is 18.4 Å². The number of amides is 8. The molecule has 0 heterocycles. The van der Waals surface area contributed by atoms with E-state index in [1.165, 1.54) is 13.8 Å². The van der Waals surface area contributed by atoms with E-state index in [1.807, 2.05) is 0 Å². The maximum atomic E-state index is 13.8. The SMILES string of the molecule is CC[C@H](C)[C@H](NC(=O)[C@H](C)NC(=O)[C@@H](NC(=O)[C@H](CC(N)=O)NC(=O)[C@H](Cc1ccccc1)NC(=O)[C@@H](N)CCCN=C(N)N)C(C)C)C(=O)N[C@H](C(=O)N[C@@H](CCCN=C(N)N)C(=O)O)[C@@H](C)O. The van der Waals surface area contributed by atoms with Crippen LogP contribution in [-0.4, -0.2) is 143 Å². The van der Waals surface area contributed by atoms with Gasteiger partial charge in [0, 0.05) is 19.5 Å². The predicted molar refractivity (Wildman–Crippen MR) is 255 cm³/mol. The van der Waals surface area contributed by atoms with Crippen molar-refractivity contribution in [2.45, 2.75) is 141 Å². The standard InChI is InChI=1S/C43H73N15O11/c1-7-22(4)32(39(66)58-33(24(6)59)40(67)53-27(41(68)69)16-12-18-51-43(48)49)57-34(61)23(5)52-38(65)31(21(2)3)56-37(64)29(20-30(45)60)55-36(63)28(19-25-13-9-8-10-14-25)54-35(62)26(44)15-11-17-50-42(46)47/h8-10,13-14,21-24,26-29,31-33,59H,7,11-12,15-20,44H2,1-6H3,(H2,45,60)(H,52,65)(H,53,67)(H,54,62)(H,55,63)(H,56,64)(H,57,61)(H,58,66)(H,68,69)(H4,46,47,50)(H4,48,49,51)/t22-,23-,24+,26-,27-,28-,29-,31-,32-,33-/m0/s1. The first kappa shape index (κ1) is 59.9. The van der Waals surface area contributed by atoms with Crippen molar-refractivity contribution in [3.05, 3.63) is 35.9 Å². The Morgan fingerprint density at radius 1 is 0.580 bits per heavy atom. The number of nitrogens with two attached hydrogens (primary N) is 6. The van der Waals surface area contributed by atoms with Crippen LogP contribution in [0.1, 0.15) is 85.6 Å². The number of guanidine groups is 2. The van der Waals surface area contributed by atoms with Crippen molar-refractivity contribution in [1.82, 2.24) is 37.2 Å². The number of carbonyl (C=O) groups is 9. The zero-order valence-corrected chi connectivity index (χ0v) is 40.0. The number of nitrogens with one attached hydrogen (secondary N) is 7. The molecule has 1 aromatic carbocycles. The van der Waals surface area contributed by atoms with E-state index in [2.05, 4.69) is 47.2 Å². The first-order valence-corrected chi connectivity index (χ1v) is 22.5. The van der Waals surface area contributed by atoms with Gasteiger partial charge in [0.05, 0.1) is 18.6 Å². The van der Waals surface area contributed by atoms with Gasteiger partial charge in [-0.05, 0) is 56.9 Å². The molecule has 10 atom stereocenters. The molecule has 0 aliphatic rings. The van der Waals surface area contributed by atoms with E-state index >= 15 is 0 Å². The van der Waals surface area contributed by atoms with Crippen LogP contribution in [0.25, 0.3) is 0 Å². The molecule has 0 aromatic heterocycles.